The monoisotopic (exact) mass is 153 g/mol. The number of nitriles is 1. The lowest BCUT2D eigenvalue weighted by Crippen LogP contribution is -2.23. The Hall–Kier alpha value is -0.880. The lowest BCUT2D eigenvalue weighted by Gasteiger charge is -2.22. The molecular formula is C8H11NO2. The van der Waals surface area contributed by atoms with Crippen molar-refractivity contribution in [3.63, 3.8) is 0 Å². The van der Waals surface area contributed by atoms with Crippen LogP contribution in [0.4, 0.5) is 0 Å². The molecule has 0 aromatic carbocycles. The molecule has 3 heteroatoms. The third kappa shape index (κ3) is 2.02. The molecule has 0 aromatic heterocycles. The first-order valence-corrected chi connectivity index (χ1v) is 3.81. The second-order valence-electron chi connectivity index (χ2n) is 2.74. The van der Waals surface area contributed by atoms with Gasteiger partial charge in [0.05, 0.1) is 6.07 Å². The number of hydrogen-bond donors (Lipinski definition) is 0. The number of carbonyl (C=O) groups excluding carboxylic acids is 1. The third-order valence-electron chi connectivity index (χ3n) is 2.07. The first-order valence-electron chi connectivity index (χ1n) is 3.81. The van der Waals surface area contributed by atoms with Gasteiger partial charge < -0.3 is 9.53 Å². The zero-order valence-corrected chi connectivity index (χ0v) is 6.32. The molecule has 0 bridgehead atoms. The number of carbonyl (C=O) groups is 1. The lowest BCUT2D eigenvalue weighted by molar-refractivity contribution is -0.111. The molecule has 1 fully saturated rings. The molecule has 1 aliphatic heterocycles. The van der Waals surface area contributed by atoms with E-state index in [2.05, 4.69) is 0 Å². The van der Waals surface area contributed by atoms with Crippen molar-refractivity contribution in [1.82, 2.24) is 0 Å². The second kappa shape index (κ2) is 4.09. The molecule has 11 heavy (non-hydrogen) atoms. The smallest absolute Gasteiger partial charge is 0.137 e. The summed E-state index contributed by atoms with van der Waals surface area (Å²) in [5.74, 6) is -0.190. The lowest BCUT2D eigenvalue weighted by atomic mass is 9.88. The van der Waals surface area contributed by atoms with Crippen molar-refractivity contribution in [1.29, 1.82) is 5.26 Å². The van der Waals surface area contributed by atoms with Crippen LogP contribution >= 0.6 is 0 Å². The van der Waals surface area contributed by atoms with E-state index in [4.69, 9.17) is 10.00 Å². The maximum absolute atomic E-state index is 10.4. The van der Waals surface area contributed by atoms with Gasteiger partial charge in [-0.25, -0.2) is 0 Å². The van der Waals surface area contributed by atoms with Crippen LogP contribution in [0.25, 0.3) is 0 Å². The Bertz CT molecular complexity index is 167. The average molecular weight is 153 g/mol. The molecule has 1 unspecified atom stereocenters. The zero-order valence-electron chi connectivity index (χ0n) is 6.32. The van der Waals surface area contributed by atoms with Gasteiger partial charge in [0.2, 0.25) is 0 Å². The Labute approximate surface area is 66.0 Å². The Kier molecular flexibility index (Phi) is 3.06. The molecule has 3 nitrogen and oxygen atoms in total. The molecule has 0 aromatic rings. The molecule has 1 rings (SSSR count). The van der Waals surface area contributed by atoms with Gasteiger partial charge in [0, 0.05) is 13.2 Å². The van der Waals surface area contributed by atoms with Crippen LogP contribution in [0.5, 0.6) is 0 Å². The van der Waals surface area contributed by atoms with Crippen LogP contribution in [0.2, 0.25) is 0 Å². The van der Waals surface area contributed by atoms with Crippen molar-refractivity contribution < 1.29 is 9.53 Å². The summed E-state index contributed by atoms with van der Waals surface area (Å²) in [5, 5.41) is 8.56. The summed E-state index contributed by atoms with van der Waals surface area (Å²) in [5.41, 5.74) is 0. The van der Waals surface area contributed by atoms with Gasteiger partial charge in [-0.2, -0.15) is 5.26 Å². The minimum Gasteiger partial charge on any atom is -0.381 e. The van der Waals surface area contributed by atoms with E-state index in [0.717, 1.165) is 19.1 Å². The molecule has 0 saturated carbocycles. The van der Waals surface area contributed by atoms with Crippen LogP contribution in [0.15, 0.2) is 0 Å². The Morgan fingerprint density at radius 1 is 1.55 bits per heavy atom. The number of hydrogen-bond acceptors (Lipinski definition) is 3. The molecule has 0 N–H and O–H groups in total. The van der Waals surface area contributed by atoms with Gasteiger partial charge in [-0.15, -0.1) is 0 Å². The number of rotatable bonds is 2. The fraction of sp³-hybridized carbons (Fsp3) is 0.750. The van der Waals surface area contributed by atoms with Crippen LogP contribution in [-0.4, -0.2) is 19.5 Å². The summed E-state index contributed by atoms with van der Waals surface area (Å²) in [6, 6.07) is 2.00. The zero-order chi connectivity index (χ0) is 8.10. The minimum atomic E-state index is -0.418. The van der Waals surface area contributed by atoms with Crippen molar-refractivity contribution in [2.45, 2.75) is 12.8 Å². The van der Waals surface area contributed by atoms with Gasteiger partial charge in [0.1, 0.15) is 12.2 Å². The Balaban J connectivity index is 2.44. The Morgan fingerprint density at radius 2 is 2.18 bits per heavy atom. The van der Waals surface area contributed by atoms with Crippen molar-refractivity contribution in [2.75, 3.05) is 13.2 Å². The molecule has 0 spiro atoms. The van der Waals surface area contributed by atoms with E-state index in [1.165, 1.54) is 0 Å². The number of ether oxygens (including phenoxy) is 1. The summed E-state index contributed by atoms with van der Waals surface area (Å²) >= 11 is 0. The van der Waals surface area contributed by atoms with E-state index in [0.29, 0.717) is 13.2 Å². The number of aldehydes is 1. The molecule has 60 valence electrons. The fourth-order valence-corrected chi connectivity index (χ4v) is 1.32. The summed E-state index contributed by atoms with van der Waals surface area (Å²) in [4.78, 5) is 10.4. The van der Waals surface area contributed by atoms with Crippen LogP contribution in [0.3, 0.4) is 0 Å². The summed E-state index contributed by atoms with van der Waals surface area (Å²) in [7, 11) is 0. The quantitative estimate of drug-likeness (QED) is 0.550. The molecular weight excluding hydrogens is 142 g/mol. The van der Waals surface area contributed by atoms with E-state index in [-0.39, 0.29) is 5.92 Å². The maximum Gasteiger partial charge on any atom is 0.137 e. The summed E-state index contributed by atoms with van der Waals surface area (Å²) in [6.07, 6.45) is 2.43. The van der Waals surface area contributed by atoms with Crippen molar-refractivity contribution in [2.24, 2.45) is 11.8 Å². The van der Waals surface area contributed by atoms with Crippen molar-refractivity contribution in [3.05, 3.63) is 0 Å². The van der Waals surface area contributed by atoms with Gasteiger partial charge in [0.15, 0.2) is 0 Å². The average Bonchev–Trinajstić information content (AvgIpc) is 2.09. The van der Waals surface area contributed by atoms with Crippen LogP contribution in [0, 0.1) is 23.2 Å². The highest BCUT2D eigenvalue weighted by molar-refractivity contribution is 5.58. The first-order chi connectivity index (χ1) is 5.38. The predicted molar refractivity (Wildman–Crippen MR) is 38.7 cm³/mol. The van der Waals surface area contributed by atoms with E-state index in [1.54, 1.807) is 0 Å². The van der Waals surface area contributed by atoms with Crippen LogP contribution in [-0.2, 0) is 9.53 Å². The maximum atomic E-state index is 10.4. The molecule has 1 aliphatic rings. The van der Waals surface area contributed by atoms with Crippen LogP contribution < -0.4 is 0 Å². The van der Waals surface area contributed by atoms with Crippen LogP contribution in [0.1, 0.15) is 12.8 Å². The van der Waals surface area contributed by atoms with Gasteiger partial charge in [-0.1, -0.05) is 0 Å². The highest BCUT2D eigenvalue weighted by Crippen LogP contribution is 2.21. The van der Waals surface area contributed by atoms with Crippen molar-refractivity contribution in [3.8, 4) is 6.07 Å². The summed E-state index contributed by atoms with van der Waals surface area (Å²) < 4.78 is 5.11. The topological polar surface area (TPSA) is 50.1 Å². The first kappa shape index (κ1) is 8.22. The second-order valence-corrected chi connectivity index (χ2v) is 2.74. The number of nitrogens with zero attached hydrogens (tertiary/aromatic N) is 1. The van der Waals surface area contributed by atoms with E-state index >= 15 is 0 Å². The molecule has 1 heterocycles. The van der Waals surface area contributed by atoms with Gasteiger partial charge in [-0.3, -0.25) is 0 Å². The van der Waals surface area contributed by atoms with Gasteiger partial charge >= 0.3 is 0 Å². The third-order valence-corrected chi connectivity index (χ3v) is 2.07. The minimum absolute atomic E-state index is 0.228. The highest BCUT2D eigenvalue weighted by Gasteiger charge is 2.22. The van der Waals surface area contributed by atoms with E-state index in [9.17, 15) is 4.79 Å². The summed E-state index contributed by atoms with van der Waals surface area (Å²) in [6.45, 7) is 1.38. The molecule has 0 aliphatic carbocycles. The molecule has 0 amide bonds. The standard InChI is InChI=1S/C8H11NO2/c9-5-8(6-10)7-1-3-11-4-2-7/h6-8H,1-4H2. The van der Waals surface area contributed by atoms with E-state index in [1.807, 2.05) is 6.07 Å². The van der Waals surface area contributed by atoms with Gasteiger partial charge in [-0.05, 0) is 18.8 Å². The molecule has 1 saturated heterocycles. The van der Waals surface area contributed by atoms with Gasteiger partial charge in [0.25, 0.3) is 0 Å². The highest BCUT2D eigenvalue weighted by atomic mass is 16.5. The van der Waals surface area contributed by atoms with Crippen molar-refractivity contribution >= 4 is 6.29 Å². The largest absolute Gasteiger partial charge is 0.381 e. The molecule has 0 radical (unpaired) electrons. The van der Waals surface area contributed by atoms with E-state index < -0.39 is 5.92 Å². The Morgan fingerprint density at radius 3 is 2.64 bits per heavy atom. The SMILES string of the molecule is N#CC(C=O)C1CCOCC1. The normalized spacial score (nSPS) is 22.1. The fourth-order valence-electron chi connectivity index (χ4n) is 1.32. The molecule has 1 atom stereocenters. The predicted octanol–water partition coefficient (Wildman–Crippen LogP) is 0.752.